The predicted octanol–water partition coefficient (Wildman–Crippen LogP) is 6.36. The van der Waals surface area contributed by atoms with Crippen molar-refractivity contribution in [1.29, 1.82) is 0 Å². The molecule has 0 saturated carbocycles. The van der Waals surface area contributed by atoms with Gasteiger partial charge in [-0.1, -0.05) is 96.8 Å². The average molecular weight is 350 g/mol. The maximum absolute atomic E-state index is 10.7. The van der Waals surface area contributed by atoms with Gasteiger partial charge in [0.2, 0.25) is 0 Å². The minimum absolute atomic E-state index is 0.354. The molecule has 0 amide bonds. The standard InChI is InChI=1S/C18H39O4P/c1-3-4-5-6-7-8-9-10-11-12-13-14-15-16-17-18(2)22-23(19,20)21/h18H,3-17H2,1-2H3,(H2,19,20,21). The van der Waals surface area contributed by atoms with Crippen molar-refractivity contribution in [1.82, 2.24) is 0 Å². The Morgan fingerprint density at radius 1 is 0.739 bits per heavy atom. The van der Waals surface area contributed by atoms with Crippen LogP contribution in [0.4, 0.5) is 0 Å². The van der Waals surface area contributed by atoms with E-state index in [2.05, 4.69) is 11.4 Å². The lowest BCUT2D eigenvalue weighted by Gasteiger charge is -2.13. The summed E-state index contributed by atoms with van der Waals surface area (Å²) in [5.74, 6) is 0. The van der Waals surface area contributed by atoms with Crippen LogP contribution < -0.4 is 0 Å². The lowest BCUT2D eigenvalue weighted by atomic mass is 10.0. The molecule has 5 heteroatoms. The Hall–Kier alpha value is 0.110. The van der Waals surface area contributed by atoms with Crippen LogP contribution in [0.1, 0.15) is 110 Å². The lowest BCUT2D eigenvalue weighted by Crippen LogP contribution is -2.05. The molecule has 0 aliphatic heterocycles. The second kappa shape index (κ2) is 15.6. The summed E-state index contributed by atoms with van der Waals surface area (Å²) in [6.07, 6.45) is 18.8. The van der Waals surface area contributed by atoms with Gasteiger partial charge in [0.1, 0.15) is 0 Å². The van der Waals surface area contributed by atoms with E-state index in [1.54, 1.807) is 6.92 Å². The Kier molecular flexibility index (Phi) is 15.7. The van der Waals surface area contributed by atoms with Gasteiger partial charge in [-0.2, -0.15) is 0 Å². The average Bonchev–Trinajstić information content (AvgIpc) is 2.46. The highest BCUT2D eigenvalue weighted by molar-refractivity contribution is 7.46. The van der Waals surface area contributed by atoms with Gasteiger partial charge in [0.05, 0.1) is 6.10 Å². The minimum atomic E-state index is -4.31. The molecule has 0 bridgehead atoms. The number of hydrogen-bond donors (Lipinski definition) is 2. The zero-order valence-electron chi connectivity index (χ0n) is 15.3. The largest absolute Gasteiger partial charge is 0.469 e. The first-order valence-electron chi connectivity index (χ1n) is 9.69. The quantitative estimate of drug-likeness (QED) is 0.237. The van der Waals surface area contributed by atoms with Gasteiger partial charge < -0.3 is 9.79 Å². The summed E-state index contributed by atoms with van der Waals surface area (Å²) >= 11 is 0. The number of hydrogen-bond acceptors (Lipinski definition) is 2. The van der Waals surface area contributed by atoms with Crippen molar-refractivity contribution in [3.05, 3.63) is 0 Å². The van der Waals surface area contributed by atoms with Crippen molar-refractivity contribution in [3.63, 3.8) is 0 Å². The molecule has 0 aromatic rings. The van der Waals surface area contributed by atoms with Gasteiger partial charge in [-0.15, -0.1) is 0 Å². The number of unbranched alkanes of at least 4 members (excludes halogenated alkanes) is 13. The molecule has 0 radical (unpaired) electrons. The van der Waals surface area contributed by atoms with E-state index >= 15 is 0 Å². The minimum Gasteiger partial charge on any atom is -0.303 e. The van der Waals surface area contributed by atoms with E-state index in [0.717, 1.165) is 19.3 Å². The third-order valence-corrected chi connectivity index (χ3v) is 4.92. The maximum atomic E-state index is 10.7. The Bertz CT molecular complexity index is 291. The van der Waals surface area contributed by atoms with Crippen LogP contribution in [0.5, 0.6) is 0 Å². The first-order chi connectivity index (χ1) is 11.0. The van der Waals surface area contributed by atoms with Crippen molar-refractivity contribution in [2.75, 3.05) is 0 Å². The van der Waals surface area contributed by atoms with Gasteiger partial charge in [-0.3, -0.25) is 4.52 Å². The van der Waals surface area contributed by atoms with E-state index < -0.39 is 7.82 Å². The van der Waals surface area contributed by atoms with Crippen molar-refractivity contribution in [2.45, 2.75) is 116 Å². The van der Waals surface area contributed by atoms with Crippen molar-refractivity contribution in [3.8, 4) is 0 Å². The van der Waals surface area contributed by atoms with Gasteiger partial charge in [0, 0.05) is 0 Å². The smallest absolute Gasteiger partial charge is 0.303 e. The number of rotatable bonds is 17. The first kappa shape index (κ1) is 23.1. The molecule has 0 aliphatic rings. The third kappa shape index (κ3) is 20.1. The van der Waals surface area contributed by atoms with Crippen LogP contribution in [0.2, 0.25) is 0 Å². The van der Waals surface area contributed by atoms with Crippen LogP contribution in [0, 0.1) is 0 Å². The highest BCUT2D eigenvalue weighted by atomic mass is 31.2. The zero-order chi connectivity index (χ0) is 17.4. The van der Waals surface area contributed by atoms with E-state index in [1.165, 1.54) is 77.0 Å². The topological polar surface area (TPSA) is 66.8 Å². The van der Waals surface area contributed by atoms with Gasteiger partial charge >= 0.3 is 7.82 Å². The molecule has 23 heavy (non-hydrogen) atoms. The SMILES string of the molecule is CCCCCCCCCCCCCCCCC(C)OP(=O)(O)O. The molecule has 0 aromatic carbocycles. The molecule has 2 N–H and O–H groups in total. The van der Waals surface area contributed by atoms with Crippen molar-refractivity contribution >= 4 is 7.82 Å². The van der Waals surface area contributed by atoms with Gasteiger partial charge in [0.15, 0.2) is 0 Å². The summed E-state index contributed by atoms with van der Waals surface area (Å²) in [6, 6.07) is 0. The highest BCUT2D eigenvalue weighted by Gasteiger charge is 2.18. The molecule has 0 saturated heterocycles. The predicted molar refractivity (Wildman–Crippen MR) is 97.5 cm³/mol. The summed E-state index contributed by atoms with van der Waals surface area (Å²) in [6.45, 7) is 3.98. The molecular formula is C18H39O4P. The van der Waals surface area contributed by atoms with Gasteiger partial charge in [-0.05, 0) is 13.3 Å². The Morgan fingerprint density at radius 2 is 1.09 bits per heavy atom. The van der Waals surface area contributed by atoms with E-state index in [1.807, 2.05) is 0 Å². The Labute approximate surface area is 143 Å². The van der Waals surface area contributed by atoms with Crippen LogP contribution in [0.3, 0.4) is 0 Å². The monoisotopic (exact) mass is 350 g/mol. The van der Waals surface area contributed by atoms with Gasteiger partial charge in [-0.25, -0.2) is 4.57 Å². The molecule has 0 aromatic heterocycles. The summed E-state index contributed by atoms with van der Waals surface area (Å²) in [5.41, 5.74) is 0. The molecule has 0 aliphatic carbocycles. The van der Waals surface area contributed by atoms with E-state index in [4.69, 9.17) is 9.79 Å². The van der Waals surface area contributed by atoms with Crippen molar-refractivity contribution in [2.24, 2.45) is 0 Å². The normalized spacial score (nSPS) is 13.4. The second-order valence-corrected chi connectivity index (χ2v) is 7.98. The highest BCUT2D eigenvalue weighted by Crippen LogP contribution is 2.38. The molecule has 0 heterocycles. The third-order valence-electron chi connectivity index (χ3n) is 4.28. The summed E-state index contributed by atoms with van der Waals surface area (Å²) in [4.78, 5) is 17.4. The molecular weight excluding hydrogens is 311 g/mol. The molecule has 0 spiro atoms. The number of phosphoric ester groups is 1. The van der Waals surface area contributed by atoms with Crippen LogP contribution in [0.25, 0.3) is 0 Å². The fourth-order valence-electron chi connectivity index (χ4n) is 2.91. The molecule has 0 fully saturated rings. The Balaban J connectivity index is 3.15. The summed E-state index contributed by atoms with van der Waals surface area (Å²) in [5, 5.41) is 0. The lowest BCUT2D eigenvalue weighted by molar-refractivity contribution is 0.136. The Morgan fingerprint density at radius 3 is 1.43 bits per heavy atom. The summed E-state index contributed by atoms with van der Waals surface area (Å²) < 4.78 is 15.3. The molecule has 4 nitrogen and oxygen atoms in total. The van der Waals surface area contributed by atoms with E-state index in [9.17, 15) is 4.57 Å². The fourth-order valence-corrected chi connectivity index (χ4v) is 3.49. The maximum Gasteiger partial charge on any atom is 0.469 e. The van der Waals surface area contributed by atoms with E-state index in [0.29, 0.717) is 0 Å². The molecule has 1 atom stereocenters. The van der Waals surface area contributed by atoms with Gasteiger partial charge in [0.25, 0.3) is 0 Å². The van der Waals surface area contributed by atoms with Crippen LogP contribution in [-0.2, 0) is 9.09 Å². The first-order valence-corrected chi connectivity index (χ1v) is 11.2. The van der Waals surface area contributed by atoms with Crippen LogP contribution in [0.15, 0.2) is 0 Å². The summed E-state index contributed by atoms with van der Waals surface area (Å²) in [7, 11) is -4.31. The second-order valence-electron chi connectivity index (χ2n) is 6.79. The zero-order valence-corrected chi connectivity index (χ0v) is 16.2. The van der Waals surface area contributed by atoms with Crippen LogP contribution >= 0.6 is 7.82 Å². The fraction of sp³-hybridized carbons (Fsp3) is 1.00. The molecule has 0 rings (SSSR count). The van der Waals surface area contributed by atoms with Crippen molar-refractivity contribution < 1.29 is 18.9 Å². The number of phosphoric acid groups is 1. The molecule has 140 valence electrons. The molecule has 1 unspecified atom stereocenters. The van der Waals surface area contributed by atoms with E-state index in [-0.39, 0.29) is 6.10 Å². The van der Waals surface area contributed by atoms with Crippen LogP contribution in [-0.4, -0.2) is 15.9 Å².